The molecule has 1 aromatic heterocycles. The van der Waals surface area contributed by atoms with Gasteiger partial charge in [-0.15, -0.1) is 0 Å². The number of ether oxygens (including phenoxy) is 1. The maximum absolute atomic E-state index is 5.60. The third-order valence-electron chi connectivity index (χ3n) is 2.21. The number of nitrogens with zero attached hydrogens (tertiary/aromatic N) is 2. The minimum atomic E-state index is 0.323. The van der Waals surface area contributed by atoms with E-state index in [1.807, 2.05) is 26.1 Å². The second kappa shape index (κ2) is 6.10. The molecule has 0 unspecified atom stereocenters. The van der Waals surface area contributed by atoms with E-state index in [4.69, 9.17) is 4.74 Å². The van der Waals surface area contributed by atoms with Gasteiger partial charge in [0.2, 0.25) is 5.88 Å². The smallest absolute Gasteiger partial charge is 0.222 e. The maximum atomic E-state index is 5.60. The van der Waals surface area contributed by atoms with Crippen molar-refractivity contribution in [3.05, 3.63) is 24.0 Å². The van der Waals surface area contributed by atoms with Gasteiger partial charge in [0, 0.05) is 7.05 Å². The Labute approximate surface area is 96.8 Å². The Hall–Kier alpha value is -1.58. The van der Waals surface area contributed by atoms with E-state index in [2.05, 4.69) is 29.1 Å². The largest absolute Gasteiger partial charge is 0.473 e. The highest BCUT2D eigenvalue weighted by Crippen LogP contribution is 2.29. The number of anilines is 1. The summed E-state index contributed by atoms with van der Waals surface area (Å²) >= 11 is 0. The molecule has 0 amide bonds. The fourth-order valence-corrected chi connectivity index (χ4v) is 1.44. The van der Waals surface area contributed by atoms with Gasteiger partial charge in [0.15, 0.2) is 0 Å². The average Bonchev–Trinajstić information content (AvgIpc) is 2.28. The summed E-state index contributed by atoms with van der Waals surface area (Å²) in [5.41, 5.74) is 1.02. The molecule has 1 rings (SSSR count). The van der Waals surface area contributed by atoms with Gasteiger partial charge >= 0.3 is 0 Å². The van der Waals surface area contributed by atoms with Crippen LogP contribution in [0.25, 0.3) is 0 Å². The molecule has 4 nitrogen and oxygen atoms in total. The number of nitrogens with one attached hydrogen (secondary N) is 1. The normalized spacial score (nSPS) is 11.1. The Bertz CT molecular complexity index is 361. The number of hydrogen-bond acceptors (Lipinski definition) is 4. The Morgan fingerprint density at radius 1 is 1.44 bits per heavy atom. The molecule has 1 aromatic rings. The van der Waals surface area contributed by atoms with Crippen LogP contribution in [-0.2, 0) is 0 Å². The SMILES string of the molecule is C/C=C/COc1ncnc(NC)c1C(C)C. The zero-order valence-electron chi connectivity index (χ0n) is 10.3. The lowest BCUT2D eigenvalue weighted by Gasteiger charge is -2.14. The van der Waals surface area contributed by atoms with Crippen molar-refractivity contribution >= 4 is 5.82 Å². The summed E-state index contributed by atoms with van der Waals surface area (Å²) in [6, 6.07) is 0. The quantitative estimate of drug-likeness (QED) is 0.776. The predicted octanol–water partition coefficient (Wildman–Crippen LogP) is 2.60. The zero-order chi connectivity index (χ0) is 12.0. The standard InChI is InChI=1S/C12H19N3O/c1-5-6-7-16-12-10(9(2)3)11(13-4)14-8-15-12/h5-6,8-9H,7H2,1-4H3,(H,13,14,15)/b6-5+. The van der Waals surface area contributed by atoms with Crippen LogP contribution in [0, 0.1) is 0 Å². The molecule has 16 heavy (non-hydrogen) atoms. The molecule has 0 aromatic carbocycles. The summed E-state index contributed by atoms with van der Waals surface area (Å²) in [4.78, 5) is 8.36. The number of aromatic nitrogens is 2. The van der Waals surface area contributed by atoms with Crippen LogP contribution in [0.15, 0.2) is 18.5 Å². The molecular formula is C12H19N3O. The Morgan fingerprint density at radius 2 is 2.19 bits per heavy atom. The minimum absolute atomic E-state index is 0.323. The van der Waals surface area contributed by atoms with Gasteiger partial charge in [-0.05, 0) is 12.8 Å². The zero-order valence-corrected chi connectivity index (χ0v) is 10.3. The molecule has 1 heterocycles. The maximum Gasteiger partial charge on any atom is 0.222 e. The lowest BCUT2D eigenvalue weighted by molar-refractivity contribution is 0.341. The van der Waals surface area contributed by atoms with E-state index in [1.165, 1.54) is 6.33 Å². The molecular weight excluding hydrogens is 202 g/mol. The first-order valence-electron chi connectivity index (χ1n) is 5.47. The van der Waals surface area contributed by atoms with E-state index in [1.54, 1.807) is 0 Å². The summed E-state index contributed by atoms with van der Waals surface area (Å²) in [6.07, 6.45) is 5.42. The summed E-state index contributed by atoms with van der Waals surface area (Å²) in [6.45, 7) is 6.70. The van der Waals surface area contributed by atoms with Crippen molar-refractivity contribution in [2.75, 3.05) is 19.0 Å². The van der Waals surface area contributed by atoms with E-state index < -0.39 is 0 Å². The first kappa shape index (κ1) is 12.5. The van der Waals surface area contributed by atoms with Gasteiger partial charge in [-0.1, -0.05) is 26.0 Å². The van der Waals surface area contributed by atoms with Crippen LogP contribution in [0.3, 0.4) is 0 Å². The molecule has 0 atom stereocenters. The van der Waals surface area contributed by atoms with Crippen molar-refractivity contribution in [3.8, 4) is 5.88 Å². The highest BCUT2D eigenvalue weighted by molar-refractivity contribution is 5.50. The third kappa shape index (κ3) is 2.95. The molecule has 0 aliphatic heterocycles. The molecule has 0 radical (unpaired) electrons. The van der Waals surface area contributed by atoms with E-state index in [0.29, 0.717) is 18.4 Å². The van der Waals surface area contributed by atoms with Crippen molar-refractivity contribution in [1.82, 2.24) is 9.97 Å². The van der Waals surface area contributed by atoms with Crippen LogP contribution < -0.4 is 10.1 Å². The van der Waals surface area contributed by atoms with E-state index in [-0.39, 0.29) is 0 Å². The van der Waals surface area contributed by atoms with Crippen LogP contribution in [0.5, 0.6) is 5.88 Å². The lowest BCUT2D eigenvalue weighted by atomic mass is 10.1. The van der Waals surface area contributed by atoms with Gasteiger partial charge in [-0.25, -0.2) is 9.97 Å². The molecule has 0 saturated carbocycles. The molecule has 0 aliphatic carbocycles. The summed E-state index contributed by atoms with van der Waals surface area (Å²) in [7, 11) is 1.85. The molecule has 4 heteroatoms. The van der Waals surface area contributed by atoms with Gasteiger partial charge in [0.1, 0.15) is 18.8 Å². The van der Waals surface area contributed by atoms with Gasteiger partial charge in [-0.2, -0.15) is 0 Å². The molecule has 0 saturated heterocycles. The predicted molar refractivity (Wildman–Crippen MR) is 66.0 cm³/mol. The summed E-state index contributed by atoms with van der Waals surface area (Å²) in [5, 5.41) is 3.06. The van der Waals surface area contributed by atoms with Crippen LogP contribution in [0.1, 0.15) is 32.3 Å². The highest BCUT2D eigenvalue weighted by Gasteiger charge is 2.14. The first-order chi connectivity index (χ1) is 7.70. The second-order valence-corrected chi connectivity index (χ2v) is 3.73. The lowest BCUT2D eigenvalue weighted by Crippen LogP contribution is -2.06. The van der Waals surface area contributed by atoms with Crippen molar-refractivity contribution < 1.29 is 4.74 Å². The van der Waals surface area contributed by atoms with Crippen molar-refractivity contribution in [3.63, 3.8) is 0 Å². The fraction of sp³-hybridized carbons (Fsp3) is 0.500. The van der Waals surface area contributed by atoms with Gasteiger partial charge in [0.05, 0.1) is 5.56 Å². The monoisotopic (exact) mass is 221 g/mol. The number of rotatable bonds is 5. The van der Waals surface area contributed by atoms with E-state index in [0.717, 1.165) is 11.4 Å². The van der Waals surface area contributed by atoms with Crippen LogP contribution in [0.2, 0.25) is 0 Å². The first-order valence-corrected chi connectivity index (χ1v) is 5.47. The van der Waals surface area contributed by atoms with Crippen LogP contribution in [0.4, 0.5) is 5.82 Å². The average molecular weight is 221 g/mol. The Morgan fingerprint density at radius 3 is 2.75 bits per heavy atom. The minimum Gasteiger partial charge on any atom is -0.473 e. The third-order valence-corrected chi connectivity index (χ3v) is 2.21. The van der Waals surface area contributed by atoms with Crippen LogP contribution in [-0.4, -0.2) is 23.6 Å². The molecule has 1 N–H and O–H groups in total. The second-order valence-electron chi connectivity index (χ2n) is 3.73. The van der Waals surface area contributed by atoms with E-state index >= 15 is 0 Å². The summed E-state index contributed by atoms with van der Waals surface area (Å²) < 4.78 is 5.60. The Balaban J connectivity index is 2.97. The van der Waals surface area contributed by atoms with Crippen molar-refractivity contribution in [2.45, 2.75) is 26.7 Å². The molecule has 0 aliphatic rings. The molecule has 88 valence electrons. The summed E-state index contributed by atoms with van der Waals surface area (Å²) in [5.74, 6) is 1.82. The molecule has 0 fully saturated rings. The molecule has 0 bridgehead atoms. The number of allylic oxidation sites excluding steroid dienone is 1. The van der Waals surface area contributed by atoms with Crippen LogP contribution >= 0.6 is 0 Å². The number of hydrogen-bond donors (Lipinski definition) is 1. The molecule has 0 spiro atoms. The van der Waals surface area contributed by atoms with Gasteiger partial charge in [0.25, 0.3) is 0 Å². The van der Waals surface area contributed by atoms with Crippen molar-refractivity contribution in [2.24, 2.45) is 0 Å². The topological polar surface area (TPSA) is 47.0 Å². The van der Waals surface area contributed by atoms with Gasteiger partial charge < -0.3 is 10.1 Å². The van der Waals surface area contributed by atoms with Gasteiger partial charge in [-0.3, -0.25) is 0 Å². The van der Waals surface area contributed by atoms with E-state index in [9.17, 15) is 0 Å². The van der Waals surface area contributed by atoms with Crippen molar-refractivity contribution in [1.29, 1.82) is 0 Å². The Kier molecular flexibility index (Phi) is 4.76. The highest BCUT2D eigenvalue weighted by atomic mass is 16.5. The fourth-order valence-electron chi connectivity index (χ4n) is 1.44.